The number of nitrogens with two attached hydrogens (primary N) is 1. The number of benzene rings is 1. The first-order valence-electron chi connectivity index (χ1n) is 8.41. The number of carbonyl (C=O) groups is 1. The second kappa shape index (κ2) is 7.63. The van der Waals surface area contributed by atoms with Crippen molar-refractivity contribution in [2.75, 3.05) is 6.54 Å². The van der Waals surface area contributed by atoms with Gasteiger partial charge in [0.05, 0.1) is 11.6 Å². The Bertz CT molecular complexity index is 483. The van der Waals surface area contributed by atoms with Crippen molar-refractivity contribution in [3.8, 4) is 5.75 Å². The van der Waals surface area contributed by atoms with E-state index in [2.05, 4.69) is 19.2 Å². The third-order valence-electron chi connectivity index (χ3n) is 4.82. The normalized spacial score (nSPS) is 15.8. The molecule has 4 heteroatoms. The Balaban J connectivity index is 2.06. The third kappa shape index (κ3) is 4.01. The molecule has 1 aliphatic carbocycles. The van der Waals surface area contributed by atoms with Gasteiger partial charge >= 0.3 is 0 Å². The van der Waals surface area contributed by atoms with Crippen LogP contribution in [0.5, 0.6) is 5.75 Å². The highest BCUT2D eigenvalue weighted by molar-refractivity contribution is 5.95. The molecule has 0 radical (unpaired) electrons. The highest BCUT2D eigenvalue weighted by Crippen LogP contribution is 2.25. The molecule has 1 fully saturated rings. The molecule has 1 aromatic rings. The van der Waals surface area contributed by atoms with E-state index in [0.717, 1.165) is 31.4 Å². The summed E-state index contributed by atoms with van der Waals surface area (Å²) < 4.78 is 5.97. The molecule has 2 rings (SSSR count). The first kappa shape index (κ1) is 16.8. The van der Waals surface area contributed by atoms with Gasteiger partial charge in [-0.2, -0.15) is 0 Å². The summed E-state index contributed by atoms with van der Waals surface area (Å²) in [5.41, 5.74) is 6.17. The Labute approximate surface area is 133 Å². The molecule has 0 aliphatic heterocycles. The lowest BCUT2D eigenvalue weighted by Crippen LogP contribution is -2.52. The van der Waals surface area contributed by atoms with Crippen molar-refractivity contribution in [1.29, 1.82) is 0 Å². The lowest BCUT2D eigenvalue weighted by molar-refractivity contribution is 0.0894. The second-order valence-corrected chi connectivity index (χ2v) is 6.20. The summed E-state index contributed by atoms with van der Waals surface area (Å²) in [6.45, 7) is 4.55. The van der Waals surface area contributed by atoms with Crippen molar-refractivity contribution in [1.82, 2.24) is 5.32 Å². The smallest absolute Gasteiger partial charge is 0.251 e. The Morgan fingerprint density at radius 1 is 1.32 bits per heavy atom. The molecule has 0 spiro atoms. The number of rotatable bonds is 7. The minimum atomic E-state index is -0.320. The Hall–Kier alpha value is -1.55. The number of hydrogen-bond donors (Lipinski definition) is 2. The van der Waals surface area contributed by atoms with Gasteiger partial charge in [-0.15, -0.1) is 0 Å². The maximum atomic E-state index is 12.5. The van der Waals surface area contributed by atoms with Crippen LogP contribution in [0.2, 0.25) is 0 Å². The quantitative estimate of drug-likeness (QED) is 0.812. The molecule has 0 bridgehead atoms. The number of amides is 1. The molecule has 0 heterocycles. The fourth-order valence-corrected chi connectivity index (χ4v) is 2.99. The third-order valence-corrected chi connectivity index (χ3v) is 4.82. The van der Waals surface area contributed by atoms with Crippen LogP contribution in [-0.2, 0) is 0 Å². The summed E-state index contributed by atoms with van der Waals surface area (Å²) in [6.07, 6.45) is 6.63. The van der Waals surface area contributed by atoms with E-state index >= 15 is 0 Å². The number of carbonyl (C=O) groups excluding carboxylic acids is 1. The minimum absolute atomic E-state index is 0.0778. The van der Waals surface area contributed by atoms with E-state index in [1.54, 1.807) is 0 Å². The highest BCUT2D eigenvalue weighted by atomic mass is 16.5. The van der Waals surface area contributed by atoms with Crippen LogP contribution >= 0.6 is 0 Å². The predicted octanol–water partition coefficient (Wildman–Crippen LogP) is 3.26. The number of ether oxygens (including phenoxy) is 1. The van der Waals surface area contributed by atoms with Crippen LogP contribution in [-0.4, -0.2) is 24.1 Å². The van der Waals surface area contributed by atoms with Crippen LogP contribution in [0, 0.1) is 0 Å². The van der Waals surface area contributed by atoms with Crippen LogP contribution in [0.25, 0.3) is 0 Å². The zero-order valence-electron chi connectivity index (χ0n) is 13.7. The van der Waals surface area contributed by atoms with E-state index in [-0.39, 0.29) is 11.4 Å². The van der Waals surface area contributed by atoms with Gasteiger partial charge in [-0.3, -0.25) is 4.79 Å². The Morgan fingerprint density at radius 2 is 2.00 bits per heavy atom. The average Bonchev–Trinajstić information content (AvgIpc) is 3.06. The molecule has 3 N–H and O–H groups in total. The van der Waals surface area contributed by atoms with E-state index < -0.39 is 0 Å². The van der Waals surface area contributed by atoms with Gasteiger partial charge in [-0.1, -0.05) is 19.9 Å². The zero-order chi connectivity index (χ0) is 16.0. The summed E-state index contributed by atoms with van der Waals surface area (Å²) >= 11 is 0. The maximum Gasteiger partial charge on any atom is 0.251 e. The first-order valence-corrected chi connectivity index (χ1v) is 8.41. The molecule has 0 aromatic heterocycles. The maximum absolute atomic E-state index is 12.5. The minimum Gasteiger partial charge on any atom is -0.490 e. The molecule has 122 valence electrons. The van der Waals surface area contributed by atoms with E-state index in [1.807, 2.05) is 24.3 Å². The van der Waals surface area contributed by atoms with Gasteiger partial charge in [0, 0.05) is 12.1 Å². The molecular weight excluding hydrogens is 276 g/mol. The van der Waals surface area contributed by atoms with E-state index in [4.69, 9.17) is 10.5 Å². The summed E-state index contributed by atoms with van der Waals surface area (Å²) in [5.74, 6) is 0.705. The van der Waals surface area contributed by atoms with E-state index in [9.17, 15) is 4.79 Å². The summed E-state index contributed by atoms with van der Waals surface area (Å²) in [4.78, 5) is 12.5. The monoisotopic (exact) mass is 304 g/mol. The van der Waals surface area contributed by atoms with Crippen LogP contribution in [0.15, 0.2) is 24.3 Å². The molecule has 1 aliphatic rings. The van der Waals surface area contributed by atoms with Crippen molar-refractivity contribution < 1.29 is 9.53 Å². The Kier molecular flexibility index (Phi) is 5.83. The summed E-state index contributed by atoms with van der Waals surface area (Å²) in [6, 6.07) is 7.45. The van der Waals surface area contributed by atoms with E-state index in [1.165, 1.54) is 12.8 Å². The van der Waals surface area contributed by atoms with Crippen molar-refractivity contribution >= 4 is 5.91 Å². The van der Waals surface area contributed by atoms with Gasteiger partial charge < -0.3 is 15.8 Å². The van der Waals surface area contributed by atoms with Crippen LogP contribution in [0.1, 0.15) is 62.7 Å². The largest absolute Gasteiger partial charge is 0.490 e. The SMILES string of the molecule is CCC(CC)(CN)NC(=O)c1cccc(OC2CCCC2)c1. The van der Waals surface area contributed by atoms with Crippen molar-refractivity contribution in [2.45, 2.75) is 64.0 Å². The standard InChI is InChI=1S/C18H28N2O2/c1-3-18(4-2,13-19)20-17(21)14-8-7-11-16(12-14)22-15-9-5-6-10-15/h7-8,11-12,15H,3-6,9-10,13,19H2,1-2H3,(H,20,21). The molecule has 0 unspecified atom stereocenters. The zero-order valence-corrected chi connectivity index (χ0v) is 13.7. The van der Waals surface area contributed by atoms with Crippen molar-refractivity contribution in [3.63, 3.8) is 0 Å². The van der Waals surface area contributed by atoms with Gasteiger partial charge in [0.2, 0.25) is 0 Å². The first-order chi connectivity index (χ1) is 10.6. The predicted molar refractivity (Wildman–Crippen MR) is 89.2 cm³/mol. The fourth-order valence-electron chi connectivity index (χ4n) is 2.99. The van der Waals surface area contributed by atoms with Crippen LogP contribution in [0.3, 0.4) is 0 Å². The molecule has 0 atom stereocenters. The topological polar surface area (TPSA) is 64.3 Å². The van der Waals surface area contributed by atoms with Gasteiger partial charge in [-0.25, -0.2) is 0 Å². The molecular formula is C18H28N2O2. The Morgan fingerprint density at radius 3 is 2.59 bits per heavy atom. The van der Waals surface area contributed by atoms with Crippen molar-refractivity contribution in [2.24, 2.45) is 5.73 Å². The lowest BCUT2D eigenvalue weighted by Gasteiger charge is -2.31. The van der Waals surface area contributed by atoms with Crippen molar-refractivity contribution in [3.05, 3.63) is 29.8 Å². The van der Waals surface area contributed by atoms with Gasteiger partial charge in [0.25, 0.3) is 5.91 Å². The molecule has 1 amide bonds. The van der Waals surface area contributed by atoms with Gasteiger partial charge in [0.1, 0.15) is 5.75 Å². The van der Waals surface area contributed by atoms with Gasteiger partial charge in [0.15, 0.2) is 0 Å². The van der Waals surface area contributed by atoms with Crippen LogP contribution in [0.4, 0.5) is 0 Å². The molecule has 0 saturated heterocycles. The molecule has 4 nitrogen and oxygen atoms in total. The number of hydrogen-bond acceptors (Lipinski definition) is 3. The summed E-state index contributed by atoms with van der Waals surface area (Å²) in [5, 5.41) is 3.10. The summed E-state index contributed by atoms with van der Waals surface area (Å²) in [7, 11) is 0. The highest BCUT2D eigenvalue weighted by Gasteiger charge is 2.27. The fraction of sp³-hybridized carbons (Fsp3) is 0.611. The molecule has 22 heavy (non-hydrogen) atoms. The lowest BCUT2D eigenvalue weighted by atomic mass is 9.92. The van der Waals surface area contributed by atoms with Crippen LogP contribution < -0.4 is 15.8 Å². The van der Waals surface area contributed by atoms with Gasteiger partial charge in [-0.05, 0) is 56.7 Å². The number of nitrogens with one attached hydrogen (secondary N) is 1. The second-order valence-electron chi connectivity index (χ2n) is 6.20. The average molecular weight is 304 g/mol. The molecule has 1 aromatic carbocycles. The molecule has 1 saturated carbocycles. The van der Waals surface area contributed by atoms with E-state index in [0.29, 0.717) is 18.2 Å².